The summed E-state index contributed by atoms with van der Waals surface area (Å²) in [6, 6.07) is 4.40. The lowest BCUT2D eigenvalue weighted by atomic mass is 10.0. The van der Waals surface area contributed by atoms with Crippen LogP contribution in [-0.2, 0) is 6.42 Å². The minimum Gasteiger partial charge on any atom is -0.479 e. The Labute approximate surface area is 163 Å². The summed E-state index contributed by atoms with van der Waals surface area (Å²) in [4.78, 5) is 9.30. The highest BCUT2D eigenvalue weighted by molar-refractivity contribution is 5.70. The number of hydrogen-bond donors (Lipinski definition) is 1. The number of alkyl halides is 3. The van der Waals surface area contributed by atoms with Crippen LogP contribution in [0.15, 0.2) is 18.2 Å². The molecule has 0 aliphatic rings. The van der Waals surface area contributed by atoms with Gasteiger partial charge in [-0.25, -0.2) is 4.98 Å². The van der Waals surface area contributed by atoms with Crippen LogP contribution in [0, 0.1) is 6.92 Å². The smallest absolute Gasteiger partial charge is 0.479 e. The van der Waals surface area contributed by atoms with Gasteiger partial charge in [-0.15, -0.1) is 13.2 Å². The first-order valence-electron chi connectivity index (χ1n) is 9.30. The molecule has 1 aromatic heterocycles. The minimum absolute atomic E-state index is 0.274. The predicted octanol–water partition coefficient (Wildman–Crippen LogP) is 5.52. The summed E-state index contributed by atoms with van der Waals surface area (Å²) >= 11 is 0. The van der Waals surface area contributed by atoms with Crippen molar-refractivity contribution >= 4 is 5.82 Å². The van der Waals surface area contributed by atoms with E-state index < -0.39 is 6.36 Å². The minimum atomic E-state index is -4.73. The molecule has 28 heavy (non-hydrogen) atoms. The lowest BCUT2D eigenvalue weighted by molar-refractivity contribution is -0.274. The zero-order valence-corrected chi connectivity index (χ0v) is 16.8. The number of ether oxygens (including phenoxy) is 2. The van der Waals surface area contributed by atoms with E-state index in [1.807, 2.05) is 6.92 Å². The average molecular weight is 397 g/mol. The molecule has 0 saturated carbocycles. The van der Waals surface area contributed by atoms with Crippen molar-refractivity contribution in [2.24, 2.45) is 0 Å². The fourth-order valence-electron chi connectivity index (χ4n) is 2.92. The molecule has 8 heteroatoms. The second kappa shape index (κ2) is 9.12. The van der Waals surface area contributed by atoms with Gasteiger partial charge in [0.15, 0.2) is 5.82 Å². The van der Waals surface area contributed by atoms with E-state index in [0.717, 1.165) is 18.5 Å². The van der Waals surface area contributed by atoms with Crippen molar-refractivity contribution in [3.63, 3.8) is 0 Å². The van der Waals surface area contributed by atoms with Crippen LogP contribution in [0.4, 0.5) is 19.0 Å². The van der Waals surface area contributed by atoms with Crippen molar-refractivity contribution in [2.45, 2.75) is 59.4 Å². The normalized spacial score (nSPS) is 11.6. The zero-order valence-electron chi connectivity index (χ0n) is 16.8. The number of nitrogens with zero attached hydrogens (tertiary/aromatic N) is 2. The van der Waals surface area contributed by atoms with Crippen molar-refractivity contribution in [1.29, 1.82) is 0 Å². The van der Waals surface area contributed by atoms with Gasteiger partial charge in [0.1, 0.15) is 11.4 Å². The molecule has 1 aromatic carbocycles. The van der Waals surface area contributed by atoms with Gasteiger partial charge in [-0.1, -0.05) is 20.8 Å². The molecule has 0 atom stereocenters. The molecule has 0 aliphatic carbocycles. The molecule has 0 fully saturated rings. The second-order valence-electron chi connectivity index (χ2n) is 6.41. The summed E-state index contributed by atoms with van der Waals surface area (Å²) in [5.41, 5.74) is 2.49. The Bertz CT molecular complexity index is 806. The van der Waals surface area contributed by atoms with Gasteiger partial charge in [-0.3, -0.25) is 0 Å². The number of nitrogens with one attached hydrogen (secondary N) is 1. The lowest BCUT2D eigenvalue weighted by Crippen LogP contribution is -2.20. The third-order valence-electron chi connectivity index (χ3n) is 4.48. The summed E-state index contributed by atoms with van der Waals surface area (Å²) in [6.07, 6.45) is -2.18. The van der Waals surface area contributed by atoms with E-state index in [0.29, 0.717) is 34.9 Å². The van der Waals surface area contributed by atoms with Crippen molar-refractivity contribution < 1.29 is 22.6 Å². The maximum atomic E-state index is 12.4. The summed E-state index contributed by atoms with van der Waals surface area (Å²) in [6.45, 7) is 7.87. The lowest BCUT2D eigenvalue weighted by Gasteiger charge is -2.20. The Morgan fingerprint density at radius 2 is 1.79 bits per heavy atom. The molecule has 1 heterocycles. The van der Waals surface area contributed by atoms with Gasteiger partial charge < -0.3 is 14.8 Å². The number of anilines is 1. The summed E-state index contributed by atoms with van der Waals surface area (Å²) in [5.74, 6) is 0.716. The molecule has 5 nitrogen and oxygen atoms in total. The number of benzene rings is 1. The SMILES string of the molecule is CCc1nc(-c2ccc(OC(F)(F)F)cc2C)c(OC)nc1NC(CC)CC. The molecule has 0 spiro atoms. The maximum absolute atomic E-state index is 12.4. The molecule has 0 radical (unpaired) electrons. The zero-order chi connectivity index (χ0) is 20.9. The third-order valence-corrected chi connectivity index (χ3v) is 4.48. The highest BCUT2D eigenvalue weighted by Crippen LogP contribution is 2.34. The number of aromatic nitrogens is 2. The van der Waals surface area contributed by atoms with E-state index in [4.69, 9.17) is 9.72 Å². The van der Waals surface area contributed by atoms with Crippen molar-refractivity contribution in [1.82, 2.24) is 9.97 Å². The van der Waals surface area contributed by atoms with E-state index in [9.17, 15) is 13.2 Å². The molecule has 2 aromatic rings. The molecular weight excluding hydrogens is 371 g/mol. The van der Waals surface area contributed by atoms with Gasteiger partial charge in [0.05, 0.1) is 12.8 Å². The van der Waals surface area contributed by atoms with E-state index in [1.165, 1.54) is 25.3 Å². The standard InChI is InChI=1S/C20H26F3N3O2/c1-6-13(7-2)24-18-16(8-3)25-17(19(26-18)27-5)15-10-9-14(11-12(15)4)28-20(21,22)23/h9-11,13H,6-8H2,1-5H3,(H,24,26). The van der Waals surface area contributed by atoms with Crippen LogP contribution in [0.2, 0.25) is 0 Å². The Balaban J connectivity index is 2.47. The Morgan fingerprint density at radius 3 is 2.29 bits per heavy atom. The van der Waals surface area contributed by atoms with Crippen LogP contribution in [-0.4, -0.2) is 29.5 Å². The largest absolute Gasteiger partial charge is 0.573 e. The number of aryl methyl sites for hydroxylation is 2. The van der Waals surface area contributed by atoms with Crippen molar-refractivity contribution in [3.8, 4) is 22.9 Å². The van der Waals surface area contributed by atoms with Crippen LogP contribution in [0.25, 0.3) is 11.3 Å². The van der Waals surface area contributed by atoms with Crippen LogP contribution >= 0.6 is 0 Å². The number of rotatable bonds is 8. The highest BCUT2D eigenvalue weighted by Gasteiger charge is 2.31. The second-order valence-corrected chi connectivity index (χ2v) is 6.41. The van der Waals surface area contributed by atoms with E-state index in [-0.39, 0.29) is 11.8 Å². The van der Waals surface area contributed by atoms with Crippen LogP contribution < -0.4 is 14.8 Å². The molecule has 0 aliphatic heterocycles. The number of halogens is 3. The molecule has 1 N–H and O–H groups in total. The van der Waals surface area contributed by atoms with E-state index in [2.05, 4.69) is 28.9 Å². The third kappa shape index (κ3) is 5.27. The van der Waals surface area contributed by atoms with Gasteiger partial charge in [0.2, 0.25) is 5.88 Å². The molecular formula is C20H26F3N3O2. The maximum Gasteiger partial charge on any atom is 0.573 e. The summed E-state index contributed by atoms with van der Waals surface area (Å²) < 4.78 is 46.8. The molecule has 0 unspecified atom stereocenters. The topological polar surface area (TPSA) is 56.3 Å². The Kier molecular flexibility index (Phi) is 7.10. The molecule has 0 bridgehead atoms. The Morgan fingerprint density at radius 1 is 1.11 bits per heavy atom. The van der Waals surface area contributed by atoms with Crippen LogP contribution in [0.3, 0.4) is 0 Å². The fraction of sp³-hybridized carbons (Fsp3) is 0.500. The van der Waals surface area contributed by atoms with Gasteiger partial charge in [-0.05, 0) is 49.9 Å². The number of methoxy groups -OCH3 is 1. The summed E-state index contributed by atoms with van der Waals surface area (Å²) in [7, 11) is 1.50. The van der Waals surface area contributed by atoms with Crippen molar-refractivity contribution in [2.75, 3.05) is 12.4 Å². The summed E-state index contributed by atoms with van der Waals surface area (Å²) in [5, 5.41) is 3.40. The Hall–Kier alpha value is -2.51. The molecule has 2 rings (SSSR count). The molecule has 0 saturated heterocycles. The van der Waals surface area contributed by atoms with Gasteiger partial charge in [0, 0.05) is 11.6 Å². The predicted molar refractivity (Wildman–Crippen MR) is 103 cm³/mol. The van der Waals surface area contributed by atoms with E-state index in [1.54, 1.807) is 6.92 Å². The molecule has 154 valence electrons. The quantitative estimate of drug-likeness (QED) is 0.635. The highest BCUT2D eigenvalue weighted by atomic mass is 19.4. The first kappa shape index (κ1) is 21.8. The van der Waals surface area contributed by atoms with Gasteiger partial charge in [-0.2, -0.15) is 4.98 Å². The first-order chi connectivity index (χ1) is 13.2. The van der Waals surface area contributed by atoms with Crippen LogP contribution in [0.5, 0.6) is 11.6 Å². The molecule has 0 amide bonds. The van der Waals surface area contributed by atoms with Gasteiger partial charge in [0.25, 0.3) is 0 Å². The van der Waals surface area contributed by atoms with Crippen molar-refractivity contribution in [3.05, 3.63) is 29.5 Å². The number of hydrogen-bond acceptors (Lipinski definition) is 5. The van der Waals surface area contributed by atoms with Crippen LogP contribution in [0.1, 0.15) is 44.9 Å². The average Bonchev–Trinajstić information content (AvgIpc) is 2.64. The monoisotopic (exact) mass is 397 g/mol. The van der Waals surface area contributed by atoms with Gasteiger partial charge >= 0.3 is 6.36 Å². The van der Waals surface area contributed by atoms with E-state index >= 15 is 0 Å². The fourth-order valence-corrected chi connectivity index (χ4v) is 2.92. The first-order valence-corrected chi connectivity index (χ1v) is 9.30.